The molecule has 1 aromatic rings. The molecule has 0 saturated heterocycles. The first-order chi connectivity index (χ1) is 9.65. The third-order valence-corrected chi connectivity index (χ3v) is 4.76. The predicted octanol–water partition coefficient (Wildman–Crippen LogP) is 0.904. The molecule has 0 aliphatic rings. The molecule has 0 spiro atoms. The summed E-state index contributed by atoms with van der Waals surface area (Å²) >= 11 is 3.04. The van der Waals surface area contributed by atoms with Crippen LogP contribution < -0.4 is 4.72 Å². The molecule has 0 atom stereocenters. The zero-order valence-electron chi connectivity index (χ0n) is 11.5. The van der Waals surface area contributed by atoms with Crippen LogP contribution in [0.1, 0.15) is 16.8 Å². The van der Waals surface area contributed by atoms with Gasteiger partial charge in [-0.2, -0.15) is 0 Å². The molecular formula is C12H15BrN2O5S. The lowest BCUT2D eigenvalue weighted by Crippen LogP contribution is -2.30. The summed E-state index contributed by atoms with van der Waals surface area (Å²) in [5, 5.41) is 8.97. The molecule has 116 valence electrons. The summed E-state index contributed by atoms with van der Waals surface area (Å²) in [5.41, 5.74) is -0.151. The third kappa shape index (κ3) is 4.80. The Balaban J connectivity index is 2.86. The zero-order valence-corrected chi connectivity index (χ0v) is 13.9. The second kappa shape index (κ2) is 7.01. The smallest absolute Gasteiger partial charge is 0.336 e. The van der Waals surface area contributed by atoms with E-state index in [4.69, 9.17) is 5.11 Å². The Morgan fingerprint density at radius 3 is 2.48 bits per heavy atom. The molecule has 0 fully saturated rings. The molecule has 0 aromatic heterocycles. The van der Waals surface area contributed by atoms with Crippen molar-refractivity contribution in [1.82, 2.24) is 9.62 Å². The molecule has 1 amide bonds. The maximum absolute atomic E-state index is 12.0. The van der Waals surface area contributed by atoms with Crippen molar-refractivity contribution in [3.8, 4) is 0 Å². The van der Waals surface area contributed by atoms with Gasteiger partial charge >= 0.3 is 5.97 Å². The van der Waals surface area contributed by atoms with Crippen LogP contribution >= 0.6 is 15.9 Å². The Labute approximate surface area is 131 Å². The van der Waals surface area contributed by atoms with Crippen LogP contribution in [-0.4, -0.2) is 50.9 Å². The van der Waals surface area contributed by atoms with Gasteiger partial charge in [0.15, 0.2) is 0 Å². The van der Waals surface area contributed by atoms with Crippen molar-refractivity contribution < 1.29 is 23.1 Å². The van der Waals surface area contributed by atoms with Crippen molar-refractivity contribution in [2.45, 2.75) is 11.3 Å². The van der Waals surface area contributed by atoms with E-state index in [2.05, 4.69) is 20.7 Å². The minimum atomic E-state index is -3.86. The number of amides is 1. The number of hydrogen-bond donors (Lipinski definition) is 2. The first-order valence-corrected chi connectivity index (χ1v) is 8.15. The number of nitrogens with zero attached hydrogens (tertiary/aromatic N) is 1. The molecule has 0 aliphatic carbocycles. The summed E-state index contributed by atoms with van der Waals surface area (Å²) in [7, 11) is -0.711. The predicted molar refractivity (Wildman–Crippen MR) is 79.6 cm³/mol. The summed E-state index contributed by atoms with van der Waals surface area (Å²) in [6.45, 7) is -0.0577. The number of benzene rings is 1. The molecule has 21 heavy (non-hydrogen) atoms. The van der Waals surface area contributed by atoms with Gasteiger partial charge in [0, 0.05) is 31.5 Å². The van der Waals surface area contributed by atoms with Crippen LogP contribution in [0.4, 0.5) is 0 Å². The van der Waals surface area contributed by atoms with Gasteiger partial charge in [-0.25, -0.2) is 17.9 Å². The normalized spacial score (nSPS) is 11.2. The average molecular weight is 379 g/mol. The van der Waals surface area contributed by atoms with E-state index in [9.17, 15) is 18.0 Å². The van der Waals surface area contributed by atoms with Gasteiger partial charge in [-0.3, -0.25) is 4.79 Å². The van der Waals surface area contributed by atoms with Gasteiger partial charge in [0.2, 0.25) is 15.9 Å². The molecular weight excluding hydrogens is 364 g/mol. The minimum absolute atomic E-state index is 0.0224. The van der Waals surface area contributed by atoms with Crippen molar-refractivity contribution in [3.63, 3.8) is 0 Å². The summed E-state index contributed by atoms with van der Waals surface area (Å²) in [4.78, 5) is 23.5. The Morgan fingerprint density at radius 2 is 1.95 bits per heavy atom. The number of aromatic carboxylic acids is 1. The van der Waals surface area contributed by atoms with Crippen LogP contribution in [0, 0.1) is 0 Å². The van der Waals surface area contributed by atoms with Crippen molar-refractivity contribution in [2.24, 2.45) is 0 Å². The maximum atomic E-state index is 12.0. The Bertz CT molecular complexity index is 658. The summed E-state index contributed by atoms with van der Waals surface area (Å²) in [6, 6.07) is 3.69. The number of hydrogen-bond acceptors (Lipinski definition) is 4. The number of carbonyl (C=O) groups is 2. The molecule has 0 aliphatic heterocycles. The molecule has 2 N–H and O–H groups in total. The summed E-state index contributed by atoms with van der Waals surface area (Å²) in [5.74, 6) is -1.44. The van der Waals surface area contributed by atoms with Gasteiger partial charge in [-0.15, -0.1) is 0 Å². The number of carboxylic acids is 1. The number of sulfonamides is 1. The highest BCUT2D eigenvalue weighted by Gasteiger charge is 2.18. The highest BCUT2D eigenvalue weighted by molar-refractivity contribution is 9.10. The quantitative estimate of drug-likeness (QED) is 0.765. The minimum Gasteiger partial charge on any atom is -0.478 e. The largest absolute Gasteiger partial charge is 0.478 e. The SMILES string of the molecule is CN(C)C(=O)CCNS(=O)(=O)c1ccc(Br)c(C(=O)O)c1. The van der Waals surface area contributed by atoms with Crippen LogP contribution in [0.15, 0.2) is 27.6 Å². The lowest BCUT2D eigenvalue weighted by Gasteiger charge is -2.11. The highest BCUT2D eigenvalue weighted by atomic mass is 79.9. The second-order valence-electron chi connectivity index (χ2n) is 4.38. The maximum Gasteiger partial charge on any atom is 0.336 e. The fourth-order valence-corrected chi connectivity index (χ4v) is 2.91. The van der Waals surface area contributed by atoms with Crippen molar-refractivity contribution in [2.75, 3.05) is 20.6 Å². The van der Waals surface area contributed by atoms with Crippen LogP contribution in [-0.2, 0) is 14.8 Å². The number of halogens is 1. The molecule has 0 saturated carbocycles. The Hall–Kier alpha value is -1.45. The van der Waals surface area contributed by atoms with Gasteiger partial charge in [0.25, 0.3) is 0 Å². The molecule has 7 nitrogen and oxygen atoms in total. The molecule has 0 radical (unpaired) electrons. The first kappa shape index (κ1) is 17.6. The van der Waals surface area contributed by atoms with Crippen LogP contribution in [0.3, 0.4) is 0 Å². The van der Waals surface area contributed by atoms with Crippen molar-refractivity contribution >= 4 is 37.8 Å². The fourth-order valence-electron chi connectivity index (χ4n) is 1.43. The standard InChI is InChI=1S/C12H15BrN2O5S/c1-15(2)11(16)5-6-14-21(19,20)8-3-4-10(13)9(7-8)12(17)18/h3-4,7,14H,5-6H2,1-2H3,(H,17,18). The second-order valence-corrected chi connectivity index (χ2v) is 7.00. The number of rotatable bonds is 6. The van der Waals surface area contributed by atoms with E-state index in [0.29, 0.717) is 0 Å². The van der Waals surface area contributed by atoms with E-state index in [-0.39, 0.29) is 33.8 Å². The number of carbonyl (C=O) groups excluding carboxylic acids is 1. The summed E-state index contributed by atoms with van der Waals surface area (Å²) < 4.78 is 26.6. The molecule has 0 unspecified atom stereocenters. The van der Waals surface area contributed by atoms with Gasteiger partial charge in [0.05, 0.1) is 10.5 Å². The first-order valence-electron chi connectivity index (χ1n) is 5.88. The van der Waals surface area contributed by atoms with Crippen LogP contribution in [0.25, 0.3) is 0 Å². The molecule has 0 bridgehead atoms. The molecule has 1 rings (SSSR count). The van der Waals surface area contributed by atoms with E-state index in [0.717, 1.165) is 6.07 Å². The van der Waals surface area contributed by atoms with E-state index in [1.807, 2.05) is 0 Å². The summed E-state index contributed by atoms with van der Waals surface area (Å²) in [6.07, 6.45) is 0.0224. The van der Waals surface area contributed by atoms with E-state index in [1.165, 1.54) is 17.0 Å². The Kier molecular flexibility index (Phi) is 5.87. The third-order valence-electron chi connectivity index (χ3n) is 2.61. The Morgan fingerprint density at radius 1 is 1.33 bits per heavy atom. The van der Waals surface area contributed by atoms with E-state index >= 15 is 0 Å². The molecule has 0 heterocycles. The van der Waals surface area contributed by atoms with Gasteiger partial charge < -0.3 is 10.0 Å². The van der Waals surface area contributed by atoms with Crippen LogP contribution in [0.2, 0.25) is 0 Å². The number of nitrogens with one attached hydrogen (secondary N) is 1. The van der Waals surface area contributed by atoms with Crippen molar-refractivity contribution in [1.29, 1.82) is 0 Å². The molecule has 9 heteroatoms. The lowest BCUT2D eigenvalue weighted by atomic mass is 10.2. The monoisotopic (exact) mass is 378 g/mol. The highest BCUT2D eigenvalue weighted by Crippen LogP contribution is 2.21. The lowest BCUT2D eigenvalue weighted by molar-refractivity contribution is -0.128. The topological polar surface area (TPSA) is 104 Å². The van der Waals surface area contributed by atoms with Gasteiger partial charge in [0.1, 0.15) is 0 Å². The van der Waals surface area contributed by atoms with E-state index in [1.54, 1.807) is 14.1 Å². The molecule has 1 aromatic carbocycles. The van der Waals surface area contributed by atoms with E-state index < -0.39 is 16.0 Å². The van der Waals surface area contributed by atoms with Gasteiger partial charge in [-0.05, 0) is 34.1 Å². The van der Waals surface area contributed by atoms with Gasteiger partial charge in [-0.1, -0.05) is 0 Å². The zero-order chi connectivity index (χ0) is 16.2. The van der Waals surface area contributed by atoms with Crippen molar-refractivity contribution in [3.05, 3.63) is 28.2 Å². The van der Waals surface area contributed by atoms with Crippen LogP contribution in [0.5, 0.6) is 0 Å². The average Bonchev–Trinajstić information content (AvgIpc) is 2.38. The number of carboxylic acid groups (broad SMARTS) is 1. The fraction of sp³-hybridized carbons (Fsp3) is 0.333.